The normalized spacial score (nSPS) is 10.2. The molecule has 0 spiro atoms. The van der Waals surface area contributed by atoms with Crippen LogP contribution in [0.15, 0.2) is 96.4 Å². The second kappa shape index (κ2) is 11.2. The molecule has 34 heavy (non-hydrogen) atoms. The highest BCUT2D eigenvalue weighted by Gasteiger charge is 2.10. The summed E-state index contributed by atoms with van der Waals surface area (Å²) in [6.45, 7) is 0.455. The summed E-state index contributed by atoms with van der Waals surface area (Å²) in [6, 6.07) is 27.4. The van der Waals surface area contributed by atoms with Gasteiger partial charge in [-0.15, -0.1) is 11.3 Å². The first-order valence-electron chi connectivity index (χ1n) is 10.4. The molecule has 0 unspecified atom stereocenters. The maximum absolute atomic E-state index is 12.5. The Bertz CT molecular complexity index is 1260. The quantitative estimate of drug-likeness (QED) is 0.291. The number of carbonyl (C=O) groups excluding carboxylic acids is 2. The molecule has 0 bridgehead atoms. The minimum absolute atomic E-state index is 0.157. The summed E-state index contributed by atoms with van der Waals surface area (Å²) in [6.07, 6.45) is 0. The molecule has 0 aliphatic carbocycles. The SMILES string of the molecule is O=C(NC(=S)Nc1ccc(NC(=O)c2cccs2)cc1)c1ccc(OCc2ccccc2)cc1. The van der Waals surface area contributed by atoms with Crippen molar-refractivity contribution in [2.75, 3.05) is 10.6 Å². The Morgan fingerprint density at radius 2 is 1.44 bits per heavy atom. The second-order valence-corrected chi connectivity index (χ2v) is 8.57. The van der Waals surface area contributed by atoms with Crippen molar-refractivity contribution in [3.05, 3.63) is 112 Å². The number of benzene rings is 3. The molecule has 0 saturated heterocycles. The molecule has 3 aromatic carbocycles. The molecule has 0 atom stereocenters. The van der Waals surface area contributed by atoms with Crippen molar-refractivity contribution < 1.29 is 14.3 Å². The van der Waals surface area contributed by atoms with Crippen LogP contribution in [0.3, 0.4) is 0 Å². The molecule has 1 aromatic heterocycles. The molecule has 0 aliphatic heterocycles. The van der Waals surface area contributed by atoms with Crippen LogP contribution in [0.25, 0.3) is 0 Å². The average molecular weight is 488 g/mol. The van der Waals surface area contributed by atoms with E-state index >= 15 is 0 Å². The van der Waals surface area contributed by atoms with Gasteiger partial charge in [-0.05, 0) is 77.8 Å². The zero-order valence-electron chi connectivity index (χ0n) is 18.0. The van der Waals surface area contributed by atoms with Crippen LogP contribution in [0.1, 0.15) is 25.6 Å². The Morgan fingerprint density at radius 3 is 2.09 bits per heavy atom. The second-order valence-electron chi connectivity index (χ2n) is 7.22. The molecular weight excluding hydrogens is 466 g/mol. The van der Waals surface area contributed by atoms with Gasteiger partial charge in [0.2, 0.25) is 0 Å². The standard InChI is InChI=1S/C26H21N3O3S2/c30-24(19-8-14-22(15-9-19)32-17-18-5-2-1-3-6-18)29-26(33)28-21-12-10-20(11-13-21)27-25(31)23-7-4-16-34-23/h1-16H,17H2,(H,27,31)(H2,28,29,30,33). The molecule has 0 saturated carbocycles. The first kappa shape index (κ1) is 23.2. The molecule has 1 heterocycles. The van der Waals surface area contributed by atoms with Gasteiger partial charge in [-0.1, -0.05) is 36.4 Å². The third-order valence-electron chi connectivity index (χ3n) is 4.74. The molecule has 0 aliphatic rings. The predicted octanol–water partition coefficient (Wildman–Crippen LogP) is 5.71. The number of ether oxygens (including phenoxy) is 1. The predicted molar refractivity (Wildman–Crippen MR) is 140 cm³/mol. The number of hydrogen-bond acceptors (Lipinski definition) is 5. The Hall–Kier alpha value is -4.01. The third-order valence-corrected chi connectivity index (χ3v) is 5.81. The van der Waals surface area contributed by atoms with Gasteiger partial charge in [-0.2, -0.15) is 0 Å². The van der Waals surface area contributed by atoms with Crippen LogP contribution in [0, 0.1) is 0 Å². The lowest BCUT2D eigenvalue weighted by atomic mass is 10.2. The summed E-state index contributed by atoms with van der Waals surface area (Å²) in [7, 11) is 0. The van der Waals surface area contributed by atoms with E-state index in [4.69, 9.17) is 17.0 Å². The number of thiophene rings is 1. The van der Waals surface area contributed by atoms with E-state index in [2.05, 4.69) is 16.0 Å². The number of carbonyl (C=O) groups is 2. The Morgan fingerprint density at radius 1 is 0.765 bits per heavy atom. The summed E-state index contributed by atoms with van der Waals surface area (Å²) in [5.74, 6) is 0.189. The number of nitrogens with one attached hydrogen (secondary N) is 3. The van der Waals surface area contributed by atoms with Crippen molar-refractivity contribution in [3.8, 4) is 5.75 Å². The van der Waals surface area contributed by atoms with E-state index in [1.807, 2.05) is 41.8 Å². The lowest BCUT2D eigenvalue weighted by Gasteiger charge is -2.11. The fraction of sp³-hybridized carbons (Fsp3) is 0.0385. The van der Waals surface area contributed by atoms with Crippen LogP contribution in [0.2, 0.25) is 0 Å². The van der Waals surface area contributed by atoms with Gasteiger partial charge in [-0.3, -0.25) is 14.9 Å². The van der Waals surface area contributed by atoms with Gasteiger partial charge >= 0.3 is 0 Å². The van der Waals surface area contributed by atoms with Crippen molar-refractivity contribution in [1.29, 1.82) is 0 Å². The highest BCUT2D eigenvalue weighted by molar-refractivity contribution is 7.80. The van der Waals surface area contributed by atoms with Gasteiger partial charge in [0.25, 0.3) is 11.8 Å². The van der Waals surface area contributed by atoms with E-state index < -0.39 is 0 Å². The van der Waals surface area contributed by atoms with E-state index in [0.717, 1.165) is 5.56 Å². The fourth-order valence-electron chi connectivity index (χ4n) is 3.02. The van der Waals surface area contributed by atoms with E-state index in [9.17, 15) is 9.59 Å². The monoisotopic (exact) mass is 487 g/mol. The maximum Gasteiger partial charge on any atom is 0.265 e. The van der Waals surface area contributed by atoms with E-state index in [0.29, 0.717) is 34.2 Å². The molecular formula is C26H21N3O3S2. The Kier molecular flexibility index (Phi) is 7.64. The third kappa shape index (κ3) is 6.50. The molecule has 4 aromatic rings. The summed E-state index contributed by atoms with van der Waals surface area (Å²) in [5.41, 5.74) is 2.87. The van der Waals surface area contributed by atoms with Gasteiger partial charge in [0.05, 0.1) is 4.88 Å². The van der Waals surface area contributed by atoms with Gasteiger partial charge < -0.3 is 15.4 Å². The summed E-state index contributed by atoms with van der Waals surface area (Å²) in [4.78, 5) is 25.3. The number of anilines is 2. The first-order valence-corrected chi connectivity index (χ1v) is 11.7. The average Bonchev–Trinajstić information content (AvgIpc) is 3.40. The topological polar surface area (TPSA) is 79.5 Å². The molecule has 0 fully saturated rings. The van der Waals surface area contributed by atoms with Crippen LogP contribution >= 0.6 is 23.6 Å². The largest absolute Gasteiger partial charge is 0.489 e. The van der Waals surface area contributed by atoms with E-state index in [1.165, 1.54) is 11.3 Å². The van der Waals surface area contributed by atoms with Crippen LogP contribution in [0.5, 0.6) is 5.75 Å². The van der Waals surface area contributed by atoms with Gasteiger partial charge in [0, 0.05) is 16.9 Å². The molecule has 3 N–H and O–H groups in total. The minimum atomic E-state index is -0.327. The van der Waals surface area contributed by atoms with Crippen molar-refractivity contribution >= 4 is 51.9 Å². The van der Waals surface area contributed by atoms with Crippen molar-refractivity contribution in [2.24, 2.45) is 0 Å². The lowest BCUT2D eigenvalue weighted by Crippen LogP contribution is -2.34. The lowest BCUT2D eigenvalue weighted by molar-refractivity contribution is 0.0976. The summed E-state index contributed by atoms with van der Waals surface area (Å²) in [5, 5.41) is 10.5. The summed E-state index contributed by atoms with van der Waals surface area (Å²) >= 11 is 6.63. The van der Waals surface area contributed by atoms with Crippen LogP contribution in [-0.2, 0) is 6.61 Å². The van der Waals surface area contributed by atoms with E-state index in [1.54, 1.807) is 54.6 Å². The highest BCUT2D eigenvalue weighted by atomic mass is 32.1. The molecule has 170 valence electrons. The number of amides is 2. The maximum atomic E-state index is 12.5. The molecule has 6 nitrogen and oxygen atoms in total. The van der Waals surface area contributed by atoms with E-state index in [-0.39, 0.29) is 16.9 Å². The number of rotatable bonds is 7. The van der Waals surface area contributed by atoms with Gasteiger partial charge in [0.1, 0.15) is 12.4 Å². The van der Waals surface area contributed by atoms with Crippen molar-refractivity contribution in [2.45, 2.75) is 6.61 Å². The fourth-order valence-corrected chi connectivity index (χ4v) is 3.85. The van der Waals surface area contributed by atoms with Crippen molar-refractivity contribution in [1.82, 2.24) is 5.32 Å². The number of hydrogen-bond donors (Lipinski definition) is 3. The number of thiocarbonyl (C=S) groups is 1. The Labute approximate surface area is 206 Å². The van der Waals surface area contributed by atoms with Crippen LogP contribution in [-0.4, -0.2) is 16.9 Å². The highest BCUT2D eigenvalue weighted by Crippen LogP contribution is 2.17. The molecule has 4 rings (SSSR count). The van der Waals surface area contributed by atoms with Crippen LogP contribution in [0.4, 0.5) is 11.4 Å². The Balaban J connectivity index is 1.25. The van der Waals surface area contributed by atoms with Gasteiger partial charge in [-0.25, -0.2) is 0 Å². The molecule has 0 radical (unpaired) electrons. The first-order chi connectivity index (χ1) is 16.6. The molecule has 2 amide bonds. The smallest absolute Gasteiger partial charge is 0.265 e. The zero-order valence-corrected chi connectivity index (χ0v) is 19.6. The van der Waals surface area contributed by atoms with Crippen LogP contribution < -0.4 is 20.7 Å². The minimum Gasteiger partial charge on any atom is -0.489 e. The summed E-state index contributed by atoms with van der Waals surface area (Å²) < 4.78 is 5.75. The van der Waals surface area contributed by atoms with Crippen molar-refractivity contribution in [3.63, 3.8) is 0 Å². The molecule has 8 heteroatoms. The van der Waals surface area contributed by atoms with Gasteiger partial charge in [0.15, 0.2) is 5.11 Å². The zero-order chi connectivity index (χ0) is 23.8.